The summed E-state index contributed by atoms with van der Waals surface area (Å²) >= 11 is 5.62. The number of halogens is 1. The van der Waals surface area contributed by atoms with Crippen LogP contribution in [-0.2, 0) is 10.0 Å². The highest BCUT2D eigenvalue weighted by Crippen LogP contribution is 2.18. The number of hydrogen-bond donors (Lipinski definition) is 2. The highest BCUT2D eigenvalue weighted by atomic mass is 35.5. The molecule has 0 saturated carbocycles. The van der Waals surface area contributed by atoms with E-state index >= 15 is 0 Å². The molecule has 0 aromatic rings. The van der Waals surface area contributed by atoms with Gasteiger partial charge in [-0.25, -0.2) is 12.7 Å². The zero-order chi connectivity index (χ0) is 10.1. The van der Waals surface area contributed by atoms with E-state index in [9.17, 15) is 8.42 Å². The van der Waals surface area contributed by atoms with Crippen molar-refractivity contribution in [3.8, 4) is 0 Å². The van der Waals surface area contributed by atoms with Gasteiger partial charge in [-0.2, -0.15) is 0 Å². The van der Waals surface area contributed by atoms with Gasteiger partial charge in [0.2, 0.25) is 4.99 Å². The number of nitrogens with one attached hydrogen (secondary N) is 2. The summed E-state index contributed by atoms with van der Waals surface area (Å²) in [4.78, 5) is -1.29. The Hall–Kier alpha value is -0.460. The van der Waals surface area contributed by atoms with Crippen molar-refractivity contribution in [2.24, 2.45) is 0 Å². The van der Waals surface area contributed by atoms with Crippen LogP contribution in [0.3, 0.4) is 0 Å². The number of rotatable bonds is 3. The molecule has 0 fully saturated rings. The molecule has 0 radical (unpaired) electrons. The normalized spacial score (nSPS) is 20.0. The Balaban J connectivity index is 3.03. The molecular formula is C6H12ClN3O2S. The first-order valence-corrected chi connectivity index (χ1v) is 5.62. The maximum atomic E-state index is 11.8. The van der Waals surface area contributed by atoms with Crippen molar-refractivity contribution in [2.75, 3.05) is 20.0 Å². The Morgan fingerprint density at radius 1 is 1.38 bits per heavy atom. The van der Waals surface area contributed by atoms with Crippen molar-refractivity contribution in [3.05, 3.63) is 12.4 Å². The average Bonchev–Trinajstić information content (AvgIpc) is 2.53. The Morgan fingerprint density at radius 3 is 2.15 bits per heavy atom. The minimum absolute atomic E-state index is 0.0689. The van der Waals surface area contributed by atoms with E-state index in [2.05, 4.69) is 10.6 Å². The van der Waals surface area contributed by atoms with E-state index in [-0.39, 0.29) is 5.88 Å². The Kier molecular flexibility index (Phi) is 2.74. The third kappa shape index (κ3) is 1.49. The van der Waals surface area contributed by atoms with Gasteiger partial charge in [0, 0.05) is 26.5 Å². The first kappa shape index (κ1) is 10.6. The van der Waals surface area contributed by atoms with Crippen LogP contribution in [0.1, 0.15) is 0 Å². The molecule has 0 amide bonds. The molecule has 1 aliphatic heterocycles. The minimum atomic E-state index is -3.47. The highest BCUT2D eigenvalue weighted by molar-refractivity contribution is 7.90. The summed E-state index contributed by atoms with van der Waals surface area (Å²) in [5, 5.41) is 5.38. The van der Waals surface area contributed by atoms with E-state index < -0.39 is 15.0 Å². The number of alkyl halides is 1. The van der Waals surface area contributed by atoms with Crippen LogP contribution in [0.2, 0.25) is 0 Å². The predicted octanol–water partition coefficient (Wildman–Crippen LogP) is -0.566. The second-order valence-corrected chi connectivity index (χ2v) is 5.51. The molecule has 76 valence electrons. The summed E-state index contributed by atoms with van der Waals surface area (Å²) in [5.74, 6) is -0.0689. The van der Waals surface area contributed by atoms with Gasteiger partial charge in [-0.1, -0.05) is 0 Å². The van der Waals surface area contributed by atoms with E-state index in [1.165, 1.54) is 26.5 Å². The first-order valence-electron chi connectivity index (χ1n) is 3.65. The van der Waals surface area contributed by atoms with Crippen molar-refractivity contribution in [2.45, 2.75) is 4.99 Å². The lowest BCUT2D eigenvalue weighted by Gasteiger charge is -2.30. The second kappa shape index (κ2) is 3.36. The lowest BCUT2D eigenvalue weighted by Crippen LogP contribution is -2.60. The molecule has 0 bridgehead atoms. The molecule has 2 N–H and O–H groups in total. The molecule has 1 aliphatic rings. The summed E-state index contributed by atoms with van der Waals surface area (Å²) in [6, 6.07) is 0. The van der Waals surface area contributed by atoms with Gasteiger partial charge >= 0.3 is 0 Å². The van der Waals surface area contributed by atoms with Gasteiger partial charge in [0.05, 0.1) is 5.88 Å². The van der Waals surface area contributed by atoms with E-state index in [4.69, 9.17) is 11.6 Å². The number of hydrogen-bond acceptors (Lipinski definition) is 4. The van der Waals surface area contributed by atoms with Crippen LogP contribution in [-0.4, -0.2) is 37.7 Å². The molecule has 0 aromatic heterocycles. The third-order valence-corrected chi connectivity index (χ3v) is 4.61. The quantitative estimate of drug-likeness (QED) is 0.632. The van der Waals surface area contributed by atoms with E-state index in [1.54, 1.807) is 0 Å². The summed E-state index contributed by atoms with van der Waals surface area (Å²) in [5.41, 5.74) is 0. The van der Waals surface area contributed by atoms with Crippen molar-refractivity contribution in [1.29, 1.82) is 0 Å². The summed E-state index contributed by atoms with van der Waals surface area (Å²) in [6.45, 7) is 0. The highest BCUT2D eigenvalue weighted by Gasteiger charge is 2.45. The molecule has 0 spiro atoms. The summed E-state index contributed by atoms with van der Waals surface area (Å²) < 4.78 is 24.7. The van der Waals surface area contributed by atoms with Crippen LogP contribution >= 0.6 is 11.6 Å². The lowest BCUT2D eigenvalue weighted by molar-refractivity contribution is 0.437. The molecule has 0 aromatic carbocycles. The van der Waals surface area contributed by atoms with Gasteiger partial charge in [-0.05, 0) is 0 Å². The van der Waals surface area contributed by atoms with Gasteiger partial charge in [-0.3, -0.25) is 0 Å². The molecule has 1 rings (SSSR count). The van der Waals surface area contributed by atoms with Crippen LogP contribution < -0.4 is 10.6 Å². The zero-order valence-electron chi connectivity index (χ0n) is 7.41. The monoisotopic (exact) mass is 225 g/mol. The first-order chi connectivity index (χ1) is 5.96. The predicted molar refractivity (Wildman–Crippen MR) is 51.5 cm³/mol. The molecule has 0 unspecified atom stereocenters. The van der Waals surface area contributed by atoms with E-state index in [0.717, 1.165) is 4.31 Å². The average molecular weight is 226 g/mol. The fourth-order valence-corrected chi connectivity index (χ4v) is 2.76. The van der Waals surface area contributed by atoms with Crippen LogP contribution in [0.4, 0.5) is 0 Å². The Morgan fingerprint density at radius 2 is 1.85 bits per heavy atom. The van der Waals surface area contributed by atoms with Crippen LogP contribution in [0.15, 0.2) is 12.4 Å². The van der Waals surface area contributed by atoms with Gasteiger partial charge in [0.15, 0.2) is 0 Å². The van der Waals surface area contributed by atoms with Crippen LogP contribution in [0.25, 0.3) is 0 Å². The molecule has 7 heteroatoms. The van der Waals surface area contributed by atoms with Crippen molar-refractivity contribution in [1.82, 2.24) is 14.9 Å². The van der Waals surface area contributed by atoms with Crippen molar-refractivity contribution >= 4 is 21.6 Å². The number of nitrogens with zero attached hydrogens (tertiary/aromatic N) is 1. The molecule has 1 heterocycles. The molecule has 5 nitrogen and oxygen atoms in total. The van der Waals surface area contributed by atoms with Gasteiger partial charge in [0.1, 0.15) is 0 Å². The maximum absolute atomic E-state index is 11.8. The summed E-state index contributed by atoms with van der Waals surface area (Å²) in [6.07, 6.45) is 3.03. The molecule has 0 saturated heterocycles. The molecule has 0 aliphatic carbocycles. The molecule has 13 heavy (non-hydrogen) atoms. The van der Waals surface area contributed by atoms with Crippen LogP contribution in [0.5, 0.6) is 0 Å². The Bertz CT molecular complexity index is 304. The number of sulfonamides is 1. The van der Waals surface area contributed by atoms with Gasteiger partial charge in [-0.15, -0.1) is 11.6 Å². The second-order valence-electron chi connectivity index (χ2n) is 2.87. The topological polar surface area (TPSA) is 61.4 Å². The smallest absolute Gasteiger partial charge is 0.258 e. The fourth-order valence-electron chi connectivity index (χ4n) is 1.00. The largest absolute Gasteiger partial charge is 0.353 e. The molecular weight excluding hydrogens is 214 g/mol. The minimum Gasteiger partial charge on any atom is -0.353 e. The maximum Gasteiger partial charge on any atom is 0.258 e. The van der Waals surface area contributed by atoms with Crippen LogP contribution in [0, 0.1) is 0 Å². The molecule has 0 atom stereocenters. The van der Waals surface area contributed by atoms with Gasteiger partial charge in [0.25, 0.3) is 10.0 Å². The third-order valence-electron chi connectivity index (χ3n) is 1.83. The van der Waals surface area contributed by atoms with E-state index in [0.29, 0.717) is 0 Å². The van der Waals surface area contributed by atoms with Crippen molar-refractivity contribution < 1.29 is 8.42 Å². The zero-order valence-corrected chi connectivity index (χ0v) is 8.98. The fraction of sp³-hybridized carbons (Fsp3) is 0.667. The van der Waals surface area contributed by atoms with Gasteiger partial charge < -0.3 is 10.6 Å². The van der Waals surface area contributed by atoms with Crippen molar-refractivity contribution in [3.63, 3.8) is 0 Å². The lowest BCUT2D eigenvalue weighted by atomic mass is 10.6. The standard InChI is InChI=1S/C6H12ClN3O2S/c1-10(2)13(11,12)6(5-7)8-3-4-9-6/h3-4,8-9H,5H2,1-2H3. The SMILES string of the molecule is CN(C)S(=O)(=O)C1(CCl)NC=CN1. The Labute approximate surface area is 82.8 Å². The van der Waals surface area contributed by atoms with E-state index in [1.807, 2.05) is 0 Å². The summed E-state index contributed by atoms with van der Waals surface area (Å²) in [7, 11) is -0.544.